The second-order valence-electron chi connectivity index (χ2n) is 8.18. The molecule has 4 aliphatic rings. The molecule has 1 heterocycles. The minimum atomic E-state index is -0.536. The first-order valence-electron chi connectivity index (χ1n) is 9.70. The van der Waals surface area contributed by atoms with E-state index in [2.05, 4.69) is 5.32 Å². The van der Waals surface area contributed by atoms with E-state index in [1.165, 1.54) is 6.08 Å². The zero-order valence-corrected chi connectivity index (χ0v) is 15.8. The second kappa shape index (κ2) is 6.11. The van der Waals surface area contributed by atoms with Crippen LogP contribution in [0.15, 0.2) is 58.7 Å². The molecule has 1 aliphatic heterocycles. The van der Waals surface area contributed by atoms with Crippen LogP contribution in [0.5, 0.6) is 5.75 Å². The average molecular weight is 389 g/mol. The van der Waals surface area contributed by atoms with E-state index in [1.807, 2.05) is 12.1 Å². The van der Waals surface area contributed by atoms with Gasteiger partial charge in [-0.15, -0.1) is 0 Å². The van der Waals surface area contributed by atoms with Crippen LogP contribution in [0.2, 0.25) is 0 Å². The molecule has 6 heteroatoms. The number of fused-ring (bicyclic) bond motifs is 3. The lowest BCUT2D eigenvalue weighted by Gasteiger charge is -2.42. The smallest absolute Gasteiger partial charge is 0.231 e. The molecule has 1 aromatic carbocycles. The molecule has 0 aromatic heterocycles. The van der Waals surface area contributed by atoms with Crippen LogP contribution in [-0.4, -0.2) is 28.5 Å². The van der Waals surface area contributed by atoms with Gasteiger partial charge in [0.25, 0.3) is 0 Å². The van der Waals surface area contributed by atoms with Crippen molar-refractivity contribution in [3.8, 4) is 5.75 Å². The van der Waals surface area contributed by atoms with Crippen molar-refractivity contribution in [1.29, 1.82) is 0 Å². The summed E-state index contributed by atoms with van der Waals surface area (Å²) in [4.78, 5) is 50.7. The first kappa shape index (κ1) is 17.8. The van der Waals surface area contributed by atoms with Gasteiger partial charge in [0, 0.05) is 22.6 Å². The van der Waals surface area contributed by atoms with Gasteiger partial charge >= 0.3 is 0 Å². The molecular weight excluding hydrogens is 370 g/mol. The van der Waals surface area contributed by atoms with E-state index in [0.29, 0.717) is 28.7 Å². The van der Waals surface area contributed by atoms with Gasteiger partial charge in [0.15, 0.2) is 11.6 Å². The molecule has 0 saturated carbocycles. The number of Topliss-reactive ketones (excluding diaryl/α,β-unsaturated/α-hetero) is 1. The zero-order chi connectivity index (χ0) is 20.4. The minimum absolute atomic E-state index is 0.0664. The maximum atomic E-state index is 13.1. The number of aromatic hydroxyl groups is 1. The number of phenolic OH excluding ortho intramolecular Hbond substituents is 1. The molecule has 1 aromatic rings. The number of phenols is 1. The van der Waals surface area contributed by atoms with Crippen LogP contribution in [0.3, 0.4) is 0 Å². The molecule has 1 fully saturated rings. The summed E-state index contributed by atoms with van der Waals surface area (Å²) in [5.74, 6) is -2.72. The second-order valence-corrected chi connectivity index (χ2v) is 8.18. The monoisotopic (exact) mass is 389 g/mol. The molecule has 5 rings (SSSR count). The molecule has 6 nitrogen and oxygen atoms in total. The van der Waals surface area contributed by atoms with Crippen LogP contribution in [0.25, 0.3) is 0 Å². The molecule has 0 spiro atoms. The molecule has 1 saturated heterocycles. The molecular formula is C23H19NO5. The normalized spacial score (nSPS) is 30.9. The number of rotatable bonds is 1. The first-order valence-corrected chi connectivity index (χ1v) is 9.70. The minimum Gasteiger partial charge on any atom is -0.508 e. The van der Waals surface area contributed by atoms with E-state index >= 15 is 0 Å². The van der Waals surface area contributed by atoms with E-state index in [1.54, 1.807) is 25.1 Å². The van der Waals surface area contributed by atoms with Crippen LogP contribution in [0, 0.1) is 17.8 Å². The number of carbonyl (C=O) groups is 4. The van der Waals surface area contributed by atoms with E-state index in [9.17, 15) is 24.3 Å². The number of benzene rings is 1. The summed E-state index contributed by atoms with van der Waals surface area (Å²) < 4.78 is 0. The highest BCUT2D eigenvalue weighted by Gasteiger charge is 2.53. The third-order valence-electron chi connectivity index (χ3n) is 6.61. The summed E-state index contributed by atoms with van der Waals surface area (Å²) in [6.07, 6.45) is 4.00. The summed E-state index contributed by atoms with van der Waals surface area (Å²) >= 11 is 0. The fraction of sp³-hybridized carbons (Fsp3) is 0.304. The van der Waals surface area contributed by atoms with Gasteiger partial charge in [0.2, 0.25) is 11.8 Å². The fourth-order valence-corrected chi connectivity index (χ4v) is 5.36. The third kappa shape index (κ3) is 2.48. The highest BCUT2D eigenvalue weighted by Crippen LogP contribution is 2.54. The van der Waals surface area contributed by atoms with Crippen molar-refractivity contribution in [1.82, 2.24) is 5.32 Å². The Bertz CT molecular complexity index is 1110. The lowest BCUT2D eigenvalue weighted by Crippen LogP contribution is -2.39. The number of allylic oxidation sites excluding steroid dienone is 6. The number of amides is 2. The lowest BCUT2D eigenvalue weighted by atomic mass is 9.59. The molecule has 0 unspecified atom stereocenters. The molecule has 29 heavy (non-hydrogen) atoms. The van der Waals surface area contributed by atoms with Crippen molar-refractivity contribution in [3.05, 3.63) is 64.3 Å². The van der Waals surface area contributed by atoms with Crippen molar-refractivity contribution in [2.24, 2.45) is 17.8 Å². The fourth-order valence-electron chi connectivity index (χ4n) is 5.36. The van der Waals surface area contributed by atoms with Gasteiger partial charge in [0.1, 0.15) is 5.75 Å². The Kier molecular flexibility index (Phi) is 3.75. The van der Waals surface area contributed by atoms with Gasteiger partial charge in [-0.25, -0.2) is 0 Å². The van der Waals surface area contributed by atoms with Crippen LogP contribution < -0.4 is 5.32 Å². The Balaban J connectivity index is 1.73. The van der Waals surface area contributed by atoms with Crippen molar-refractivity contribution in [3.63, 3.8) is 0 Å². The highest BCUT2D eigenvalue weighted by molar-refractivity contribution is 6.23. The Labute approximate surface area is 167 Å². The Hall–Kier alpha value is -3.28. The zero-order valence-electron chi connectivity index (χ0n) is 15.8. The average Bonchev–Trinajstić information content (AvgIpc) is 2.98. The number of hydrogen-bond donors (Lipinski definition) is 2. The number of carbonyl (C=O) groups excluding carboxylic acids is 4. The van der Waals surface area contributed by atoms with E-state index in [-0.39, 0.29) is 41.5 Å². The summed E-state index contributed by atoms with van der Waals surface area (Å²) in [7, 11) is 0. The number of nitrogens with one attached hydrogen (secondary N) is 1. The number of ketones is 2. The van der Waals surface area contributed by atoms with Crippen LogP contribution in [0.4, 0.5) is 0 Å². The standard InChI is InChI=1S/C23H19NO5/c1-10-7-17(26)16-9-15-13(5-6-14-19(15)23(29)24-22(14)28)18(20(16)21(10)27)11-3-2-4-12(25)8-11/h2-5,7-8,14-15,18-19,25H,6,9H2,1H3,(H,24,28,29)/t14-,15+,18-,19-/m0/s1. The summed E-state index contributed by atoms with van der Waals surface area (Å²) in [6.45, 7) is 1.63. The van der Waals surface area contributed by atoms with Gasteiger partial charge in [-0.2, -0.15) is 0 Å². The van der Waals surface area contributed by atoms with Gasteiger partial charge in [-0.05, 0) is 49.5 Å². The van der Waals surface area contributed by atoms with Crippen LogP contribution in [0.1, 0.15) is 31.2 Å². The van der Waals surface area contributed by atoms with Crippen LogP contribution >= 0.6 is 0 Å². The SMILES string of the molecule is CC1=CC(=O)C2=C(C1=O)[C@@H](c1cccc(O)c1)C1=CC[C@@H]3C(=O)NC(=O)[C@@H]3[C@@H]1C2. The van der Waals surface area contributed by atoms with Gasteiger partial charge in [-0.3, -0.25) is 24.5 Å². The molecule has 4 atom stereocenters. The van der Waals surface area contributed by atoms with Crippen molar-refractivity contribution in [2.75, 3.05) is 0 Å². The first-order chi connectivity index (χ1) is 13.9. The van der Waals surface area contributed by atoms with Crippen molar-refractivity contribution < 1.29 is 24.3 Å². The Morgan fingerprint density at radius 2 is 1.86 bits per heavy atom. The molecule has 0 bridgehead atoms. The van der Waals surface area contributed by atoms with Crippen molar-refractivity contribution >= 4 is 23.4 Å². The van der Waals surface area contributed by atoms with Gasteiger partial charge in [0.05, 0.1) is 11.8 Å². The molecule has 2 N–H and O–H groups in total. The summed E-state index contributed by atoms with van der Waals surface area (Å²) in [6, 6.07) is 6.66. The topological polar surface area (TPSA) is 101 Å². The van der Waals surface area contributed by atoms with Gasteiger partial charge < -0.3 is 5.11 Å². The van der Waals surface area contributed by atoms with Crippen LogP contribution in [-0.2, 0) is 19.2 Å². The predicted molar refractivity (Wildman–Crippen MR) is 103 cm³/mol. The van der Waals surface area contributed by atoms with E-state index < -0.39 is 17.8 Å². The summed E-state index contributed by atoms with van der Waals surface area (Å²) in [5.41, 5.74) is 2.83. The Morgan fingerprint density at radius 3 is 2.62 bits per heavy atom. The maximum Gasteiger partial charge on any atom is 0.231 e. The predicted octanol–water partition coefficient (Wildman–Crippen LogP) is 2.11. The van der Waals surface area contributed by atoms with E-state index in [4.69, 9.17) is 0 Å². The van der Waals surface area contributed by atoms with E-state index in [0.717, 1.165) is 5.57 Å². The number of imide groups is 1. The lowest BCUT2D eigenvalue weighted by molar-refractivity contribution is -0.126. The summed E-state index contributed by atoms with van der Waals surface area (Å²) in [5, 5.41) is 12.4. The molecule has 2 amide bonds. The quantitative estimate of drug-likeness (QED) is 0.435. The third-order valence-corrected chi connectivity index (χ3v) is 6.61. The molecule has 0 radical (unpaired) electrons. The Morgan fingerprint density at radius 1 is 1.07 bits per heavy atom. The largest absolute Gasteiger partial charge is 0.508 e. The van der Waals surface area contributed by atoms with Crippen molar-refractivity contribution in [2.45, 2.75) is 25.7 Å². The molecule has 3 aliphatic carbocycles. The number of hydrogen-bond acceptors (Lipinski definition) is 5. The maximum absolute atomic E-state index is 13.1. The highest BCUT2D eigenvalue weighted by atomic mass is 16.3. The molecule has 146 valence electrons. The van der Waals surface area contributed by atoms with Gasteiger partial charge in [-0.1, -0.05) is 23.8 Å².